The Balaban J connectivity index is 1.38. The monoisotopic (exact) mass is 416 g/mol. The van der Waals surface area contributed by atoms with Crippen LogP contribution in [-0.4, -0.2) is 58.6 Å². The topological polar surface area (TPSA) is 64.6 Å². The van der Waals surface area contributed by atoms with E-state index in [2.05, 4.69) is 0 Å². The van der Waals surface area contributed by atoms with Crippen LogP contribution in [0.5, 0.6) is 11.5 Å². The van der Waals surface area contributed by atoms with E-state index < -0.39 is 11.9 Å². The third kappa shape index (κ3) is 4.31. The van der Waals surface area contributed by atoms with Crippen LogP contribution in [-0.2, 0) is 36.9 Å². The van der Waals surface area contributed by atoms with Gasteiger partial charge < -0.3 is 33.2 Å². The molecular weight excluding hydrogens is 388 g/mol. The molecule has 2 aromatic rings. The highest BCUT2D eigenvalue weighted by Gasteiger charge is 2.63. The molecule has 2 heterocycles. The largest absolute Gasteiger partial charge is 0.497 e. The summed E-state index contributed by atoms with van der Waals surface area (Å²) in [6, 6.07) is 15.6. The van der Waals surface area contributed by atoms with E-state index in [0.29, 0.717) is 26.4 Å². The Morgan fingerprint density at radius 2 is 1.47 bits per heavy atom. The van der Waals surface area contributed by atoms with Gasteiger partial charge in [-0.15, -0.1) is 0 Å². The SMILES string of the molecule is COc1ccc(COC[C@]23CO[C@@H]([C@@H](OC)O2)[C@H]3OCc2ccc(OC)cc2)cc1. The molecule has 0 radical (unpaired) electrons. The van der Waals surface area contributed by atoms with Gasteiger partial charge >= 0.3 is 0 Å². The van der Waals surface area contributed by atoms with Crippen LogP contribution >= 0.6 is 0 Å². The average molecular weight is 416 g/mol. The van der Waals surface area contributed by atoms with Crippen LogP contribution in [0.2, 0.25) is 0 Å². The molecule has 2 fully saturated rings. The molecule has 4 atom stereocenters. The second-order valence-electron chi connectivity index (χ2n) is 7.48. The average Bonchev–Trinajstić information content (AvgIpc) is 3.30. The van der Waals surface area contributed by atoms with Crippen molar-refractivity contribution in [3.8, 4) is 11.5 Å². The third-order valence-electron chi connectivity index (χ3n) is 5.55. The molecule has 2 bridgehead atoms. The molecule has 30 heavy (non-hydrogen) atoms. The van der Waals surface area contributed by atoms with Crippen molar-refractivity contribution in [2.75, 3.05) is 34.5 Å². The minimum atomic E-state index is -0.690. The number of hydrogen-bond acceptors (Lipinski definition) is 7. The second-order valence-corrected chi connectivity index (χ2v) is 7.48. The van der Waals surface area contributed by atoms with E-state index in [0.717, 1.165) is 22.6 Å². The quantitative estimate of drug-likeness (QED) is 0.590. The van der Waals surface area contributed by atoms with Crippen molar-refractivity contribution in [2.45, 2.75) is 37.3 Å². The molecule has 2 saturated heterocycles. The van der Waals surface area contributed by atoms with Crippen molar-refractivity contribution in [3.63, 3.8) is 0 Å². The van der Waals surface area contributed by atoms with Crippen molar-refractivity contribution in [2.24, 2.45) is 0 Å². The lowest BCUT2D eigenvalue weighted by molar-refractivity contribution is -0.246. The summed E-state index contributed by atoms with van der Waals surface area (Å²) in [5.41, 5.74) is 1.41. The molecule has 0 amide bonds. The number of hydrogen-bond donors (Lipinski definition) is 0. The molecule has 2 aliphatic rings. The summed E-state index contributed by atoms with van der Waals surface area (Å²) in [6.07, 6.45) is -1.03. The van der Waals surface area contributed by atoms with Gasteiger partial charge in [0.1, 0.15) is 29.3 Å². The van der Waals surface area contributed by atoms with Gasteiger partial charge in [-0.25, -0.2) is 0 Å². The lowest BCUT2D eigenvalue weighted by Gasteiger charge is -2.30. The Kier molecular flexibility index (Phi) is 6.55. The maximum Gasteiger partial charge on any atom is 0.187 e. The van der Waals surface area contributed by atoms with Crippen LogP contribution < -0.4 is 9.47 Å². The number of rotatable bonds is 10. The smallest absolute Gasteiger partial charge is 0.187 e. The third-order valence-corrected chi connectivity index (χ3v) is 5.55. The van der Waals surface area contributed by atoms with Gasteiger partial charge in [0.15, 0.2) is 6.29 Å². The van der Waals surface area contributed by atoms with E-state index in [1.54, 1.807) is 21.3 Å². The second kappa shape index (κ2) is 9.32. The highest BCUT2D eigenvalue weighted by molar-refractivity contribution is 5.27. The van der Waals surface area contributed by atoms with E-state index in [-0.39, 0.29) is 12.2 Å². The molecule has 7 heteroatoms. The van der Waals surface area contributed by atoms with Gasteiger partial charge in [-0.2, -0.15) is 0 Å². The molecule has 0 saturated carbocycles. The van der Waals surface area contributed by atoms with Gasteiger partial charge in [-0.3, -0.25) is 0 Å². The summed E-state index contributed by atoms with van der Waals surface area (Å²) >= 11 is 0. The molecule has 162 valence electrons. The predicted octanol–water partition coefficient (Wildman–Crippen LogP) is 2.95. The maximum absolute atomic E-state index is 6.25. The molecule has 7 nitrogen and oxygen atoms in total. The Morgan fingerprint density at radius 1 is 0.867 bits per heavy atom. The summed E-state index contributed by atoms with van der Waals surface area (Å²) in [7, 11) is 4.91. The number of benzene rings is 2. The molecular formula is C23H28O7. The molecule has 0 aromatic heterocycles. The summed E-state index contributed by atoms with van der Waals surface area (Å²) in [5, 5.41) is 0. The van der Waals surface area contributed by atoms with Crippen molar-refractivity contribution >= 4 is 0 Å². The predicted molar refractivity (Wildman–Crippen MR) is 109 cm³/mol. The highest BCUT2D eigenvalue weighted by Crippen LogP contribution is 2.43. The van der Waals surface area contributed by atoms with Gasteiger partial charge in [0.25, 0.3) is 0 Å². The van der Waals surface area contributed by atoms with Crippen molar-refractivity contribution in [3.05, 3.63) is 59.7 Å². The summed E-state index contributed by atoms with van der Waals surface area (Å²) in [5.74, 6) is 1.63. The van der Waals surface area contributed by atoms with Crippen LogP contribution in [0.25, 0.3) is 0 Å². The minimum Gasteiger partial charge on any atom is -0.497 e. The molecule has 0 N–H and O–H groups in total. The van der Waals surface area contributed by atoms with Gasteiger partial charge in [-0.1, -0.05) is 24.3 Å². The summed E-state index contributed by atoms with van der Waals surface area (Å²) in [4.78, 5) is 0. The Bertz CT molecular complexity index is 807. The van der Waals surface area contributed by atoms with Gasteiger partial charge in [-0.05, 0) is 35.4 Å². The van der Waals surface area contributed by atoms with Crippen LogP contribution in [0.4, 0.5) is 0 Å². The zero-order chi connectivity index (χ0) is 21.0. The van der Waals surface area contributed by atoms with E-state index >= 15 is 0 Å². The summed E-state index contributed by atoms with van der Waals surface area (Å²) in [6.45, 7) is 1.66. The Morgan fingerprint density at radius 3 is 2.03 bits per heavy atom. The van der Waals surface area contributed by atoms with Crippen molar-refractivity contribution in [1.29, 1.82) is 0 Å². The Labute approximate surface area is 176 Å². The fourth-order valence-corrected chi connectivity index (χ4v) is 3.88. The first-order chi connectivity index (χ1) is 14.7. The molecule has 4 rings (SSSR count). The fraction of sp³-hybridized carbons (Fsp3) is 0.478. The van der Waals surface area contributed by atoms with Gasteiger partial charge in [0, 0.05) is 7.11 Å². The molecule has 0 unspecified atom stereocenters. The van der Waals surface area contributed by atoms with Gasteiger partial charge in [0.05, 0.1) is 40.6 Å². The van der Waals surface area contributed by atoms with E-state index in [1.807, 2.05) is 48.5 Å². The van der Waals surface area contributed by atoms with Crippen LogP contribution in [0.15, 0.2) is 48.5 Å². The van der Waals surface area contributed by atoms with Crippen molar-refractivity contribution < 1.29 is 33.2 Å². The highest BCUT2D eigenvalue weighted by atomic mass is 16.8. The van der Waals surface area contributed by atoms with Crippen molar-refractivity contribution in [1.82, 2.24) is 0 Å². The van der Waals surface area contributed by atoms with E-state index in [9.17, 15) is 0 Å². The number of ether oxygens (including phenoxy) is 7. The van der Waals surface area contributed by atoms with Crippen LogP contribution in [0, 0.1) is 0 Å². The minimum absolute atomic E-state index is 0.277. The first kappa shape index (κ1) is 21.1. The number of methoxy groups -OCH3 is 3. The number of fused-ring (bicyclic) bond motifs is 2. The zero-order valence-corrected chi connectivity index (χ0v) is 17.5. The molecule has 2 aromatic carbocycles. The van der Waals surface area contributed by atoms with Gasteiger partial charge in [0.2, 0.25) is 0 Å². The normalized spacial score (nSPS) is 27.4. The lowest BCUT2D eigenvalue weighted by Crippen LogP contribution is -2.46. The molecule has 2 aliphatic heterocycles. The van der Waals surface area contributed by atoms with E-state index in [4.69, 9.17) is 33.2 Å². The standard InChI is InChI=1S/C23H28O7/c1-24-18-8-4-16(5-9-18)12-27-14-23-15-29-20(22(26-3)30-23)21(23)28-13-17-6-10-19(25-2)11-7-17/h4-11,20-22H,12-15H2,1-3H3/t20-,21-,22+,23-/m1/s1. The fourth-order valence-electron chi connectivity index (χ4n) is 3.88. The molecule has 0 spiro atoms. The lowest BCUT2D eigenvalue weighted by atomic mass is 10.00. The Hall–Kier alpha value is -2.16. The van der Waals surface area contributed by atoms with E-state index in [1.165, 1.54) is 0 Å². The van der Waals surface area contributed by atoms with Crippen LogP contribution in [0.1, 0.15) is 11.1 Å². The first-order valence-electron chi connectivity index (χ1n) is 9.95. The first-order valence-corrected chi connectivity index (χ1v) is 9.95. The van der Waals surface area contributed by atoms with Crippen LogP contribution in [0.3, 0.4) is 0 Å². The molecule has 0 aliphatic carbocycles. The summed E-state index contributed by atoms with van der Waals surface area (Å²) < 4.78 is 40.2. The zero-order valence-electron chi connectivity index (χ0n) is 17.5. The maximum atomic E-state index is 6.25.